The van der Waals surface area contributed by atoms with E-state index in [1.165, 1.54) is 19.1 Å². The van der Waals surface area contributed by atoms with Crippen LogP contribution in [-0.2, 0) is 9.53 Å². The summed E-state index contributed by atoms with van der Waals surface area (Å²) in [5, 5.41) is 18.7. The lowest BCUT2D eigenvalue weighted by atomic mass is 9.98. The topological polar surface area (TPSA) is 131 Å². The number of carbonyl (C=O) groups is 1. The number of nitrogens with zero attached hydrogens (tertiary/aromatic N) is 3. The number of hydrogen-bond acceptors (Lipinski definition) is 7. The summed E-state index contributed by atoms with van der Waals surface area (Å²) in [6, 6.07) is 21.3. The van der Waals surface area contributed by atoms with E-state index in [4.69, 9.17) is 9.72 Å². The zero-order valence-electron chi connectivity index (χ0n) is 27.2. The van der Waals surface area contributed by atoms with Gasteiger partial charge in [-0.1, -0.05) is 62.4 Å². The van der Waals surface area contributed by atoms with E-state index in [1.807, 2.05) is 31.1 Å². The molecular formula is C37H43N7O3. The van der Waals surface area contributed by atoms with Crippen molar-refractivity contribution in [2.45, 2.75) is 64.1 Å². The number of rotatable bonds is 10. The van der Waals surface area contributed by atoms with Gasteiger partial charge in [-0.25, -0.2) is 9.97 Å². The lowest BCUT2D eigenvalue weighted by Gasteiger charge is -2.31. The number of methoxy groups -OCH3 is 1. The number of likely N-dealkylation sites (tertiary alicyclic amines) is 1. The molecule has 1 amide bonds. The molecule has 2 aliphatic rings. The molecule has 5 N–H and O–H groups in total. The van der Waals surface area contributed by atoms with Gasteiger partial charge >= 0.3 is 0 Å². The number of ether oxygens (including phenoxy) is 1. The van der Waals surface area contributed by atoms with Crippen molar-refractivity contribution in [2.24, 2.45) is 5.92 Å². The summed E-state index contributed by atoms with van der Waals surface area (Å²) in [6.07, 6.45) is 6.63. The second kappa shape index (κ2) is 13.4. The normalized spacial score (nSPS) is 19.6. The van der Waals surface area contributed by atoms with Gasteiger partial charge in [0.1, 0.15) is 11.6 Å². The molecule has 5 aromatic rings. The number of aliphatic hydroxyl groups is 1. The van der Waals surface area contributed by atoms with Crippen LogP contribution in [0.5, 0.6) is 0 Å². The largest absolute Gasteiger partial charge is 0.356 e. The predicted octanol–water partition coefficient (Wildman–Crippen LogP) is 5.91. The van der Waals surface area contributed by atoms with E-state index < -0.39 is 12.5 Å². The van der Waals surface area contributed by atoms with Crippen LogP contribution in [0, 0.1) is 5.92 Å². The first-order valence-corrected chi connectivity index (χ1v) is 16.6. The molecule has 4 unspecified atom stereocenters. The second-order valence-electron chi connectivity index (χ2n) is 13.0. The fourth-order valence-electron chi connectivity index (χ4n) is 6.93. The number of aromatic nitrogens is 4. The maximum absolute atomic E-state index is 13.6. The fourth-order valence-corrected chi connectivity index (χ4v) is 6.93. The molecule has 47 heavy (non-hydrogen) atoms. The Bertz CT molecular complexity index is 1840. The molecule has 4 heterocycles. The van der Waals surface area contributed by atoms with E-state index in [-0.39, 0.29) is 17.9 Å². The van der Waals surface area contributed by atoms with E-state index in [1.54, 1.807) is 0 Å². The van der Waals surface area contributed by atoms with Gasteiger partial charge in [-0.3, -0.25) is 10.1 Å². The van der Waals surface area contributed by atoms with Gasteiger partial charge < -0.3 is 30.0 Å². The van der Waals surface area contributed by atoms with Crippen LogP contribution in [0.4, 0.5) is 0 Å². The highest BCUT2D eigenvalue weighted by Crippen LogP contribution is 2.34. The third-order valence-corrected chi connectivity index (χ3v) is 9.59. The maximum Gasteiger partial charge on any atom is 0.240 e. The minimum absolute atomic E-state index is 0.0207. The summed E-state index contributed by atoms with van der Waals surface area (Å²) in [6.45, 7) is 5.62. The second-order valence-corrected chi connectivity index (χ2v) is 13.0. The number of fused-ring (bicyclic) bond motifs is 1. The quantitative estimate of drug-likeness (QED) is 0.121. The van der Waals surface area contributed by atoms with Crippen molar-refractivity contribution in [2.75, 3.05) is 20.2 Å². The van der Waals surface area contributed by atoms with Crippen LogP contribution in [0.2, 0.25) is 0 Å². The fraction of sp³-hybridized carbons (Fsp3) is 0.378. The van der Waals surface area contributed by atoms with E-state index in [0.717, 1.165) is 76.3 Å². The summed E-state index contributed by atoms with van der Waals surface area (Å²) >= 11 is 0. The Morgan fingerprint density at radius 3 is 2.21 bits per heavy atom. The third-order valence-electron chi connectivity index (χ3n) is 9.59. The summed E-state index contributed by atoms with van der Waals surface area (Å²) in [7, 11) is 1.40. The Hall–Kier alpha value is -4.35. The standard InChI is InChI=1S/C37H43N7O3/c1-22(2)33(43-37(46)47-3)36(45)44-17-5-7-32(44)35-40-21-31(42-35)28-15-14-26-18-25(12-13-27(26)19-28)23-8-10-24(11-9-23)30-20-39-34(41-30)29-6-4-16-38-29/h8-15,18-22,29,32-33,37-38,43,46H,4-7,16-17H2,1-3H3,(H,39,41)(H,40,42). The number of aromatic amines is 2. The van der Waals surface area contributed by atoms with Crippen molar-refractivity contribution in [3.05, 3.63) is 84.7 Å². The molecule has 10 heteroatoms. The van der Waals surface area contributed by atoms with Gasteiger partial charge in [0.15, 0.2) is 0 Å². The van der Waals surface area contributed by atoms with Crippen molar-refractivity contribution in [3.8, 4) is 33.6 Å². The molecule has 2 saturated heterocycles. The number of benzene rings is 3. The molecule has 2 aliphatic heterocycles. The van der Waals surface area contributed by atoms with Crippen molar-refractivity contribution in [3.63, 3.8) is 0 Å². The molecule has 4 atom stereocenters. The van der Waals surface area contributed by atoms with Crippen molar-refractivity contribution in [1.82, 2.24) is 35.5 Å². The minimum Gasteiger partial charge on any atom is -0.356 e. The van der Waals surface area contributed by atoms with Gasteiger partial charge in [-0.15, -0.1) is 0 Å². The van der Waals surface area contributed by atoms with Crippen molar-refractivity contribution < 1.29 is 14.6 Å². The number of carbonyl (C=O) groups excluding carboxylic acids is 1. The first-order valence-electron chi connectivity index (χ1n) is 16.6. The van der Waals surface area contributed by atoms with Crippen LogP contribution < -0.4 is 10.6 Å². The molecule has 2 fully saturated rings. The number of hydrogen-bond donors (Lipinski definition) is 5. The van der Waals surface area contributed by atoms with Gasteiger partial charge in [0.2, 0.25) is 12.3 Å². The van der Waals surface area contributed by atoms with Gasteiger partial charge in [0.25, 0.3) is 0 Å². The first kappa shape index (κ1) is 31.3. The Kier molecular flexibility index (Phi) is 8.92. The molecule has 0 aliphatic carbocycles. The highest BCUT2D eigenvalue weighted by molar-refractivity contribution is 5.90. The lowest BCUT2D eigenvalue weighted by Crippen LogP contribution is -2.52. The highest BCUT2D eigenvalue weighted by atomic mass is 16.6. The van der Waals surface area contributed by atoms with Gasteiger partial charge in [0, 0.05) is 19.2 Å². The van der Waals surface area contributed by atoms with Crippen LogP contribution in [0.25, 0.3) is 44.4 Å². The summed E-state index contributed by atoms with van der Waals surface area (Å²) in [5.74, 6) is 1.72. The van der Waals surface area contributed by atoms with E-state index in [9.17, 15) is 9.90 Å². The smallest absolute Gasteiger partial charge is 0.240 e. The highest BCUT2D eigenvalue weighted by Gasteiger charge is 2.37. The Balaban J connectivity index is 1.06. The monoisotopic (exact) mass is 633 g/mol. The first-order chi connectivity index (χ1) is 22.9. The van der Waals surface area contributed by atoms with Gasteiger partial charge in [-0.2, -0.15) is 0 Å². The van der Waals surface area contributed by atoms with Crippen molar-refractivity contribution in [1.29, 1.82) is 0 Å². The van der Waals surface area contributed by atoms with E-state index in [2.05, 4.69) is 86.2 Å². The lowest BCUT2D eigenvalue weighted by molar-refractivity contribution is -0.145. The Morgan fingerprint density at radius 1 is 0.872 bits per heavy atom. The molecule has 10 nitrogen and oxygen atoms in total. The SMILES string of the molecule is COC(O)NC(C(=O)N1CCCC1c1ncc(-c2ccc3cc(-c4ccc(-c5cnc(C6CCCN6)[nH]5)cc4)ccc3c2)[nH]1)C(C)C. The number of amides is 1. The molecule has 7 rings (SSSR count). The molecular weight excluding hydrogens is 590 g/mol. The third kappa shape index (κ3) is 6.46. The average molecular weight is 634 g/mol. The summed E-state index contributed by atoms with van der Waals surface area (Å²) < 4.78 is 4.95. The van der Waals surface area contributed by atoms with Gasteiger partial charge in [0.05, 0.1) is 41.9 Å². The number of imidazole rings is 2. The van der Waals surface area contributed by atoms with E-state index >= 15 is 0 Å². The molecule has 0 saturated carbocycles. The summed E-state index contributed by atoms with van der Waals surface area (Å²) in [4.78, 5) is 31.8. The number of aliphatic hydroxyl groups excluding tert-OH is 1. The van der Waals surface area contributed by atoms with Crippen molar-refractivity contribution >= 4 is 16.7 Å². The molecule has 0 spiro atoms. The summed E-state index contributed by atoms with van der Waals surface area (Å²) in [5.41, 5.74) is 6.46. The zero-order valence-corrected chi connectivity index (χ0v) is 27.2. The Labute approximate surface area is 275 Å². The molecule has 0 radical (unpaired) electrons. The Morgan fingerprint density at radius 2 is 1.51 bits per heavy atom. The maximum atomic E-state index is 13.6. The molecule has 0 bridgehead atoms. The number of H-pyrrole nitrogens is 2. The predicted molar refractivity (Wildman–Crippen MR) is 183 cm³/mol. The molecule has 3 aromatic carbocycles. The van der Waals surface area contributed by atoms with Crippen LogP contribution >= 0.6 is 0 Å². The van der Waals surface area contributed by atoms with Crippen LogP contribution in [0.1, 0.15) is 63.3 Å². The number of nitrogens with one attached hydrogen (secondary N) is 4. The molecule has 2 aromatic heterocycles. The van der Waals surface area contributed by atoms with Gasteiger partial charge in [-0.05, 0) is 77.7 Å². The van der Waals surface area contributed by atoms with Crippen LogP contribution in [0.3, 0.4) is 0 Å². The average Bonchev–Trinajstić information content (AvgIpc) is 3.93. The van der Waals surface area contributed by atoms with Crippen LogP contribution in [0.15, 0.2) is 73.1 Å². The van der Waals surface area contributed by atoms with Crippen LogP contribution in [-0.4, -0.2) is 68.5 Å². The molecule has 244 valence electrons. The minimum atomic E-state index is -1.20. The van der Waals surface area contributed by atoms with E-state index in [0.29, 0.717) is 12.6 Å². The zero-order chi connectivity index (χ0) is 32.5.